The highest BCUT2D eigenvalue weighted by molar-refractivity contribution is 7.92. The lowest BCUT2D eigenvalue weighted by molar-refractivity contribution is -0.140. The van der Waals surface area contributed by atoms with Gasteiger partial charge in [-0.15, -0.1) is 0 Å². The van der Waals surface area contributed by atoms with Gasteiger partial charge in [-0.05, 0) is 55.3 Å². The summed E-state index contributed by atoms with van der Waals surface area (Å²) in [5.74, 6) is 0.385. The highest BCUT2D eigenvalue weighted by Gasteiger charge is 2.31. The first-order valence-corrected chi connectivity index (χ1v) is 12.8. The van der Waals surface area contributed by atoms with E-state index in [-0.39, 0.29) is 12.5 Å². The number of benzene rings is 2. The molecule has 1 N–H and O–H groups in total. The summed E-state index contributed by atoms with van der Waals surface area (Å²) in [5.41, 5.74) is 1.08. The van der Waals surface area contributed by atoms with Crippen LogP contribution >= 0.6 is 0 Å². The molecule has 0 spiro atoms. The van der Waals surface area contributed by atoms with Gasteiger partial charge in [0.05, 0.1) is 26.2 Å². The van der Waals surface area contributed by atoms with Crippen molar-refractivity contribution in [2.45, 2.75) is 32.9 Å². The Morgan fingerprint density at radius 3 is 2.18 bits per heavy atom. The van der Waals surface area contributed by atoms with Crippen LogP contribution in [0.1, 0.15) is 25.8 Å². The first kappa shape index (κ1) is 27.0. The van der Waals surface area contributed by atoms with E-state index >= 15 is 0 Å². The van der Waals surface area contributed by atoms with Crippen molar-refractivity contribution in [3.63, 3.8) is 0 Å². The second kappa shape index (κ2) is 12.3. The molecule has 186 valence electrons. The number of nitrogens with one attached hydrogen (secondary N) is 1. The summed E-state index contributed by atoms with van der Waals surface area (Å²) < 4.78 is 36.6. The summed E-state index contributed by atoms with van der Waals surface area (Å²) >= 11 is 0. The number of hydrogen-bond acceptors (Lipinski definition) is 6. The van der Waals surface area contributed by atoms with Gasteiger partial charge in [0.15, 0.2) is 0 Å². The molecule has 0 bridgehead atoms. The van der Waals surface area contributed by atoms with Crippen LogP contribution in [-0.4, -0.2) is 64.7 Å². The highest BCUT2D eigenvalue weighted by Crippen LogP contribution is 2.23. The molecule has 0 aliphatic rings. The fraction of sp³-hybridized carbons (Fsp3) is 0.417. The number of methoxy groups -OCH3 is 2. The monoisotopic (exact) mass is 491 g/mol. The Balaban J connectivity index is 2.43. The number of ether oxygens (including phenoxy) is 2. The van der Waals surface area contributed by atoms with Crippen molar-refractivity contribution in [2.75, 3.05) is 37.9 Å². The average Bonchev–Trinajstić information content (AvgIpc) is 2.82. The SMILES string of the molecule is CCNC(=O)C(CC)N(Cc1cccc(OC)c1)C(=O)CN(c1ccc(OC)cc1)S(C)(=O)=O. The zero-order valence-corrected chi connectivity index (χ0v) is 21.1. The summed E-state index contributed by atoms with van der Waals surface area (Å²) in [6, 6.07) is 12.8. The number of likely N-dealkylation sites (N-methyl/N-ethyl adjacent to an activating group) is 1. The summed E-state index contributed by atoms with van der Waals surface area (Å²) in [7, 11) is -0.733. The fourth-order valence-electron chi connectivity index (χ4n) is 3.54. The Hall–Kier alpha value is -3.27. The van der Waals surface area contributed by atoms with Crippen LogP contribution in [-0.2, 0) is 26.2 Å². The van der Waals surface area contributed by atoms with Crippen LogP contribution < -0.4 is 19.1 Å². The van der Waals surface area contributed by atoms with Crippen LogP contribution in [0.4, 0.5) is 5.69 Å². The largest absolute Gasteiger partial charge is 0.497 e. The number of anilines is 1. The van der Waals surface area contributed by atoms with Gasteiger partial charge >= 0.3 is 0 Å². The van der Waals surface area contributed by atoms with Gasteiger partial charge in [-0.25, -0.2) is 8.42 Å². The molecule has 0 saturated carbocycles. The van der Waals surface area contributed by atoms with Gasteiger partial charge in [0.25, 0.3) is 0 Å². The topological polar surface area (TPSA) is 105 Å². The van der Waals surface area contributed by atoms with E-state index in [1.54, 1.807) is 56.5 Å². The summed E-state index contributed by atoms with van der Waals surface area (Å²) in [4.78, 5) is 27.7. The first-order chi connectivity index (χ1) is 16.1. The third kappa shape index (κ3) is 7.11. The number of amides is 2. The maximum Gasteiger partial charge on any atom is 0.244 e. The summed E-state index contributed by atoms with van der Waals surface area (Å²) in [5, 5.41) is 2.76. The molecule has 0 aromatic heterocycles. The van der Waals surface area contributed by atoms with Crippen molar-refractivity contribution in [3.05, 3.63) is 54.1 Å². The lowest BCUT2D eigenvalue weighted by Crippen LogP contribution is -2.52. The second-order valence-corrected chi connectivity index (χ2v) is 9.57. The summed E-state index contributed by atoms with van der Waals surface area (Å²) in [6.45, 7) is 3.69. The molecule has 2 aromatic carbocycles. The van der Waals surface area contributed by atoms with Gasteiger partial charge < -0.3 is 19.7 Å². The van der Waals surface area contributed by atoms with Crippen molar-refractivity contribution in [1.29, 1.82) is 0 Å². The third-order valence-corrected chi connectivity index (χ3v) is 6.40. The van der Waals surface area contributed by atoms with Gasteiger partial charge in [0.2, 0.25) is 21.8 Å². The van der Waals surface area contributed by atoms with E-state index in [4.69, 9.17) is 9.47 Å². The van der Waals surface area contributed by atoms with Crippen LogP contribution in [0.2, 0.25) is 0 Å². The predicted molar refractivity (Wildman–Crippen MR) is 131 cm³/mol. The van der Waals surface area contributed by atoms with E-state index in [1.807, 2.05) is 13.0 Å². The molecule has 0 aliphatic carbocycles. The zero-order valence-electron chi connectivity index (χ0n) is 20.3. The molecule has 2 amide bonds. The first-order valence-electron chi connectivity index (χ1n) is 11.0. The predicted octanol–water partition coefficient (Wildman–Crippen LogP) is 2.41. The number of carbonyl (C=O) groups is 2. The molecular formula is C24H33N3O6S. The molecule has 2 aromatic rings. The lowest BCUT2D eigenvalue weighted by atomic mass is 10.1. The van der Waals surface area contributed by atoms with Crippen molar-refractivity contribution < 1.29 is 27.5 Å². The molecule has 10 heteroatoms. The molecule has 0 aliphatic heterocycles. The maximum atomic E-state index is 13.5. The summed E-state index contributed by atoms with van der Waals surface area (Å²) in [6.07, 6.45) is 1.40. The fourth-order valence-corrected chi connectivity index (χ4v) is 4.39. The number of sulfonamides is 1. The molecule has 0 fully saturated rings. The third-order valence-electron chi connectivity index (χ3n) is 5.26. The Kier molecular flexibility index (Phi) is 9.73. The van der Waals surface area contributed by atoms with Gasteiger partial charge in [-0.3, -0.25) is 13.9 Å². The lowest BCUT2D eigenvalue weighted by Gasteiger charge is -2.32. The van der Waals surface area contributed by atoms with Crippen LogP contribution in [0.25, 0.3) is 0 Å². The van der Waals surface area contributed by atoms with Gasteiger partial charge in [-0.2, -0.15) is 0 Å². The molecular weight excluding hydrogens is 458 g/mol. The quantitative estimate of drug-likeness (QED) is 0.489. The van der Waals surface area contributed by atoms with Crippen LogP contribution in [0, 0.1) is 0 Å². The maximum absolute atomic E-state index is 13.5. The van der Waals surface area contributed by atoms with Crippen LogP contribution in [0.5, 0.6) is 11.5 Å². The van der Waals surface area contributed by atoms with Gasteiger partial charge in [0, 0.05) is 13.1 Å². The van der Waals surface area contributed by atoms with Crippen molar-refractivity contribution >= 4 is 27.5 Å². The minimum absolute atomic E-state index is 0.117. The molecule has 9 nitrogen and oxygen atoms in total. The van der Waals surface area contributed by atoms with Gasteiger partial charge in [0.1, 0.15) is 24.1 Å². The highest BCUT2D eigenvalue weighted by atomic mass is 32.2. The number of nitrogens with zero attached hydrogens (tertiary/aromatic N) is 2. The van der Waals surface area contributed by atoms with Crippen LogP contribution in [0.15, 0.2) is 48.5 Å². The molecule has 1 atom stereocenters. The van der Waals surface area contributed by atoms with Gasteiger partial charge in [-0.1, -0.05) is 19.1 Å². The van der Waals surface area contributed by atoms with E-state index in [1.165, 1.54) is 12.0 Å². The zero-order chi connectivity index (χ0) is 25.3. The molecule has 34 heavy (non-hydrogen) atoms. The molecule has 0 heterocycles. The standard InChI is InChI=1S/C24H33N3O6S/c1-6-22(24(29)25-7-2)26(16-18-9-8-10-21(15-18)33-4)23(28)17-27(34(5,30)31)19-11-13-20(32-3)14-12-19/h8-15,22H,6-7,16-17H2,1-5H3,(H,25,29). The Labute approximate surface area is 201 Å². The Bertz CT molecular complexity index is 1070. The van der Waals surface area contributed by atoms with E-state index in [2.05, 4.69) is 5.32 Å². The van der Waals surface area contributed by atoms with Crippen molar-refractivity contribution in [2.24, 2.45) is 0 Å². The van der Waals surface area contributed by atoms with E-state index in [0.717, 1.165) is 16.1 Å². The normalized spacial score (nSPS) is 11.9. The van der Waals surface area contributed by atoms with Crippen molar-refractivity contribution in [3.8, 4) is 11.5 Å². The Morgan fingerprint density at radius 1 is 1.00 bits per heavy atom. The Morgan fingerprint density at radius 2 is 1.65 bits per heavy atom. The van der Waals surface area contributed by atoms with E-state index in [0.29, 0.717) is 30.2 Å². The number of rotatable bonds is 12. The second-order valence-electron chi connectivity index (χ2n) is 7.66. The smallest absolute Gasteiger partial charge is 0.244 e. The average molecular weight is 492 g/mol. The van der Waals surface area contributed by atoms with E-state index < -0.39 is 28.5 Å². The van der Waals surface area contributed by atoms with E-state index in [9.17, 15) is 18.0 Å². The number of hydrogen-bond donors (Lipinski definition) is 1. The molecule has 2 rings (SSSR count). The van der Waals surface area contributed by atoms with Crippen LogP contribution in [0.3, 0.4) is 0 Å². The minimum atomic E-state index is -3.79. The molecule has 1 unspecified atom stereocenters. The molecule has 0 radical (unpaired) electrons. The van der Waals surface area contributed by atoms with Crippen molar-refractivity contribution in [1.82, 2.24) is 10.2 Å². The minimum Gasteiger partial charge on any atom is -0.497 e. The number of carbonyl (C=O) groups excluding carboxylic acids is 2. The molecule has 0 saturated heterocycles.